The van der Waals surface area contributed by atoms with Gasteiger partial charge in [-0.25, -0.2) is 0 Å². The van der Waals surface area contributed by atoms with Gasteiger partial charge in [0, 0.05) is 25.6 Å². The number of esters is 1. The van der Waals surface area contributed by atoms with Gasteiger partial charge in [0.1, 0.15) is 0 Å². The zero-order valence-corrected chi connectivity index (χ0v) is 10.6. The van der Waals surface area contributed by atoms with E-state index in [9.17, 15) is 9.59 Å². The van der Waals surface area contributed by atoms with Crippen LogP contribution >= 0.6 is 0 Å². The highest BCUT2D eigenvalue weighted by Crippen LogP contribution is 2.20. The molecule has 5 nitrogen and oxygen atoms in total. The zero-order chi connectivity index (χ0) is 12.8. The Morgan fingerprint density at radius 2 is 2.12 bits per heavy atom. The van der Waals surface area contributed by atoms with Gasteiger partial charge < -0.3 is 15.4 Å². The third-order valence-corrected chi connectivity index (χ3v) is 3.07. The van der Waals surface area contributed by atoms with Crippen molar-refractivity contribution in [2.75, 3.05) is 20.2 Å². The van der Waals surface area contributed by atoms with Crippen molar-refractivity contribution in [1.82, 2.24) is 4.90 Å². The molecule has 0 spiro atoms. The van der Waals surface area contributed by atoms with E-state index in [-0.39, 0.29) is 23.8 Å². The average molecular weight is 242 g/mol. The number of ether oxygens (including phenoxy) is 1. The van der Waals surface area contributed by atoms with Crippen molar-refractivity contribution in [2.45, 2.75) is 38.6 Å². The number of hydrogen-bond donors (Lipinski definition) is 1. The number of carbonyl (C=O) groups excluding carboxylic acids is 2. The van der Waals surface area contributed by atoms with Crippen molar-refractivity contribution >= 4 is 11.9 Å². The lowest BCUT2D eigenvalue weighted by Crippen LogP contribution is -2.49. The molecule has 1 aliphatic rings. The first-order valence-corrected chi connectivity index (χ1v) is 6.17. The van der Waals surface area contributed by atoms with Crippen LogP contribution in [-0.2, 0) is 14.3 Å². The van der Waals surface area contributed by atoms with E-state index in [4.69, 9.17) is 5.73 Å². The Hall–Kier alpha value is -1.10. The second-order valence-corrected chi connectivity index (χ2v) is 4.69. The second-order valence-electron chi connectivity index (χ2n) is 4.69. The van der Waals surface area contributed by atoms with E-state index in [2.05, 4.69) is 4.74 Å². The number of carbonyl (C=O) groups is 2. The smallest absolute Gasteiger partial charge is 0.305 e. The predicted octanol–water partition coefficient (Wildman–Crippen LogP) is 0.525. The SMILES string of the molecule is CCCC(=O)N1CC(N)CC(CC(=O)OC)C1. The Bertz CT molecular complexity index is 281. The van der Waals surface area contributed by atoms with Crippen molar-refractivity contribution < 1.29 is 14.3 Å². The summed E-state index contributed by atoms with van der Waals surface area (Å²) in [5.41, 5.74) is 5.92. The Labute approximate surface area is 102 Å². The molecular weight excluding hydrogens is 220 g/mol. The molecule has 2 unspecified atom stereocenters. The third-order valence-electron chi connectivity index (χ3n) is 3.07. The van der Waals surface area contributed by atoms with Crippen molar-refractivity contribution in [3.63, 3.8) is 0 Å². The number of nitrogens with zero attached hydrogens (tertiary/aromatic N) is 1. The number of likely N-dealkylation sites (tertiary alicyclic amines) is 1. The summed E-state index contributed by atoms with van der Waals surface area (Å²) in [6.07, 6.45) is 2.52. The van der Waals surface area contributed by atoms with Crippen LogP contribution in [0.3, 0.4) is 0 Å². The maximum Gasteiger partial charge on any atom is 0.305 e. The number of nitrogens with two attached hydrogens (primary N) is 1. The van der Waals surface area contributed by atoms with Crippen LogP contribution in [0.25, 0.3) is 0 Å². The number of methoxy groups -OCH3 is 1. The molecule has 2 atom stereocenters. The van der Waals surface area contributed by atoms with E-state index in [0.717, 1.165) is 12.8 Å². The molecule has 0 radical (unpaired) electrons. The summed E-state index contributed by atoms with van der Waals surface area (Å²) in [6, 6.07) is -0.0285. The highest BCUT2D eigenvalue weighted by atomic mass is 16.5. The Balaban J connectivity index is 2.52. The first-order chi connectivity index (χ1) is 8.06. The second kappa shape index (κ2) is 6.59. The third kappa shape index (κ3) is 4.34. The van der Waals surface area contributed by atoms with Gasteiger partial charge in [-0.05, 0) is 18.8 Å². The lowest BCUT2D eigenvalue weighted by Gasteiger charge is -2.36. The van der Waals surface area contributed by atoms with E-state index in [1.165, 1.54) is 7.11 Å². The van der Waals surface area contributed by atoms with Crippen LogP contribution in [0.15, 0.2) is 0 Å². The van der Waals surface area contributed by atoms with Crippen LogP contribution in [-0.4, -0.2) is 43.0 Å². The van der Waals surface area contributed by atoms with E-state index in [0.29, 0.717) is 25.9 Å². The van der Waals surface area contributed by atoms with Gasteiger partial charge in [0.25, 0.3) is 0 Å². The molecule has 0 bridgehead atoms. The normalized spacial score (nSPS) is 24.5. The van der Waals surface area contributed by atoms with Gasteiger partial charge in [0.15, 0.2) is 0 Å². The highest BCUT2D eigenvalue weighted by Gasteiger charge is 2.29. The minimum absolute atomic E-state index is 0.0285. The van der Waals surface area contributed by atoms with Crippen molar-refractivity contribution in [1.29, 1.82) is 0 Å². The fraction of sp³-hybridized carbons (Fsp3) is 0.833. The maximum atomic E-state index is 11.8. The van der Waals surface area contributed by atoms with Gasteiger partial charge in [-0.3, -0.25) is 9.59 Å². The summed E-state index contributed by atoms with van der Waals surface area (Å²) in [5, 5.41) is 0. The minimum atomic E-state index is -0.230. The lowest BCUT2D eigenvalue weighted by molar-refractivity contribution is -0.143. The molecule has 0 saturated carbocycles. The van der Waals surface area contributed by atoms with E-state index >= 15 is 0 Å². The molecule has 1 aliphatic heterocycles. The molecule has 1 fully saturated rings. The molecule has 98 valence electrons. The summed E-state index contributed by atoms with van der Waals surface area (Å²) < 4.78 is 4.65. The first kappa shape index (κ1) is 14.0. The zero-order valence-electron chi connectivity index (χ0n) is 10.6. The molecule has 1 amide bonds. The molecule has 1 rings (SSSR count). The fourth-order valence-corrected chi connectivity index (χ4v) is 2.29. The minimum Gasteiger partial charge on any atom is -0.469 e. The van der Waals surface area contributed by atoms with E-state index in [1.807, 2.05) is 6.92 Å². The van der Waals surface area contributed by atoms with Gasteiger partial charge in [0.2, 0.25) is 5.91 Å². The van der Waals surface area contributed by atoms with Crippen LogP contribution in [0, 0.1) is 5.92 Å². The summed E-state index contributed by atoms with van der Waals surface area (Å²) in [7, 11) is 1.38. The maximum absolute atomic E-state index is 11.8. The molecule has 0 aliphatic carbocycles. The number of rotatable bonds is 4. The van der Waals surface area contributed by atoms with Crippen LogP contribution in [0.2, 0.25) is 0 Å². The van der Waals surface area contributed by atoms with Crippen molar-refractivity contribution in [2.24, 2.45) is 11.7 Å². The molecule has 5 heteroatoms. The summed E-state index contributed by atoms with van der Waals surface area (Å²) in [6.45, 7) is 3.21. The number of piperidine rings is 1. The number of amides is 1. The average Bonchev–Trinajstić information content (AvgIpc) is 2.28. The molecule has 1 saturated heterocycles. The Morgan fingerprint density at radius 1 is 1.41 bits per heavy atom. The molecular formula is C12H22N2O3. The fourth-order valence-electron chi connectivity index (χ4n) is 2.29. The largest absolute Gasteiger partial charge is 0.469 e. The van der Waals surface area contributed by atoms with E-state index in [1.54, 1.807) is 4.90 Å². The molecule has 1 heterocycles. The molecule has 2 N–H and O–H groups in total. The van der Waals surface area contributed by atoms with Gasteiger partial charge >= 0.3 is 5.97 Å². The molecule has 0 aromatic heterocycles. The topological polar surface area (TPSA) is 72.6 Å². The molecule has 0 aromatic carbocycles. The van der Waals surface area contributed by atoms with Crippen LogP contribution < -0.4 is 5.73 Å². The van der Waals surface area contributed by atoms with Crippen molar-refractivity contribution in [3.8, 4) is 0 Å². The van der Waals surface area contributed by atoms with Gasteiger partial charge in [-0.1, -0.05) is 6.92 Å². The molecule has 17 heavy (non-hydrogen) atoms. The summed E-state index contributed by atoms with van der Waals surface area (Å²) in [4.78, 5) is 24.8. The quantitative estimate of drug-likeness (QED) is 0.730. The Kier molecular flexibility index (Phi) is 5.41. The van der Waals surface area contributed by atoms with E-state index < -0.39 is 0 Å². The molecule has 0 aromatic rings. The van der Waals surface area contributed by atoms with Gasteiger partial charge in [-0.2, -0.15) is 0 Å². The van der Waals surface area contributed by atoms with Gasteiger partial charge in [0.05, 0.1) is 13.5 Å². The predicted molar refractivity (Wildman–Crippen MR) is 64.2 cm³/mol. The Morgan fingerprint density at radius 3 is 2.71 bits per heavy atom. The van der Waals surface area contributed by atoms with Crippen LogP contribution in [0.4, 0.5) is 0 Å². The standard InChI is InChI=1S/C12H22N2O3/c1-3-4-11(15)14-7-9(5-10(13)8-14)6-12(16)17-2/h9-10H,3-8,13H2,1-2H3. The van der Waals surface area contributed by atoms with Crippen molar-refractivity contribution in [3.05, 3.63) is 0 Å². The monoisotopic (exact) mass is 242 g/mol. The summed E-state index contributed by atoms with van der Waals surface area (Å²) >= 11 is 0. The number of hydrogen-bond acceptors (Lipinski definition) is 4. The van der Waals surface area contributed by atoms with Crippen LogP contribution in [0.1, 0.15) is 32.6 Å². The van der Waals surface area contributed by atoms with Gasteiger partial charge in [-0.15, -0.1) is 0 Å². The lowest BCUT2D eigenvalue weighted by atomic mass is 9.91. The summed E-state index contributed by atoms with van der Waals surface area (Å²) in [5.74, 6) is 0.0384. The highest BCUT2D eigenvalue weighted by molar-refractivity contribution is 5.76. The first-order valence-electron chi connectivity index (χ1n) is 6.17. The van der Waals surface area contributed by atoms with Crippen LogP contribution in [0.5, 0.6) is 0 Å².